The third-order valence-corrected chi connectivity index (χ3v) is 6.73. The molecule has 1 amide bonds. The van der Waals surface area contributed by atoms with Crippen molar-refractivity contribution in [2.45, 2.75) is 31.3 Å². The van der Waals surface area contributed by atoms with Crippen molar-refractivity contribution < 1.29 is 13.6 Å². The molecule has 2 aromatic heterocycles. The van der Waals surface area contributed by atoms with Crippen LogP contribution in [0, 0.1) is 23.0 Å². The van der Waals surface area contributed by atoms with Crippen molar-refractivity contribution >= 4 is 11.6 Å². The number of nitrogens with one attached hydrogen (secondary N) is 2. The van der Waals surface area contributed by atoms with Gasteiger partial charge in [-0.05, 0) is 61.2 Å². The van der Waals surface area contributed by atoms with Gasteiger partial charge in [-0.2, -0.15) is 5.26 Å². The van der Waals surface area contributed by atoms with E-state index in [4.69, 9.17) is 5.26 Å². The molecule has 2 aliphatic rings. The zero-order valence-electron chi connectivity index (χ0n) is 19.0. The number of halogens is 2. The Kier molecular flexibility index (Phi) is 6.14. The van der Waals surface area contributed by atoms with Crippen LogP contribution in [0.15, 0.2) is 48.9 Å². The van der Waals surface area contributed by atoms with E-state index in [0.717, 1.165) is 37.4 Å². The normalized spacial score (nSPS) is 19.2. The fourth-order valence-electron chi connectivity index (χ4n) is 5.08. The van der Waals surface area contributed by atoms with E-state index in [0.29, 0.717) is 35.5 Å². The Morgan fingerprint density at radius 2 is 2.03 bits per heavy atom. The second kappa shape index (κ2) is 9.39. The van der Waals surface area contributed by atoms with Crippen LogP contribution >= 0.6 is 0 Å². The lowest BCUT2D eigenvalue weighted by atomic mass is 9.96. The molecule has 1 aromatic carbocycles. The molecule has 1 spiro atoms. The van der Waals surface area contributed by atoms with Crippen LogP contribution < -0.4 is 15.5 Å². The van der Waals surface area contributed by atoms with Crippen LogP contribution in [0.1, 0.15) is 40.9 Å². The van der Waals surface area contributed by atoms with E-state index in [1.54, 1.807) is 18.3 Å². The molecule has 0 bridgehead atoms. The minimum absolute atomic E-state index is 0.0216. The molecule has 1 atom stereocenters. The first kappa shape index (κ1) is 22.9. The molecule has 7 nitrogen and oxygen atoms in total. The van der Waals surface area contributed by atoms with Crippen LogP contribution in [0.2, 0.25) is 0 Å². The predicted molar refractivity (Wildman–Crippen MR) is 127 cm³/mol. The lowest BCUT2D eigenvalue weighted by Gasteiger charge is -2.28. The summed E-state index contributed by atoms with van der Waals surface area (Å²) in [7, 11) is 0. The second-order valence-electron chi connectivity index (χ2n) is 9.07. The van der Waals surface area contributed by atoms with Crippen LogP contribution in [-0.2, 0) is 6.54 Å². The van der Waals surface area contributed by atoms with E-state index in [-0.39, 0.29) is 23.7 Å². The second-order valence-corrected chi connectivity index (χ2v) is 9.07. The van der Waals surface area contributed by atoms with E-state index in [2.05, 4.69) is 25.5 Å². The van der Waals surface area contributed by atoms with Crippen molar-refractivity contribution in [1.82, 2.24) is 20.6 Å². The first-order chi connectivity index (χ1) is 17.0. The molecule has 2 saturated heterocycles. The molecule has 35 heavy (non-hydrogen) atoms. The summed E-state index contributed by atoms with van der Waals surface area (Å²) in [4.78, 5) is 23.7. The van der Waals surface area contributed by atoms with Crippen molar-refractivity contribution in [2.24, 2.45) is 0 Å². The van der Waals surface area contributed by atoms with E-state index >= 15 is 0 Å². The van der Waals surface area contributed by atoms with Crippen molar-refractivity contribution in [2.75, 3.05) is 24.5 Å². The summed E-state index contributed by atoms with van der Waals surface area (Å²) in [6.45, 7) is 2.55. The van der Waals surface area contributed by atoms with Crippen molar-refractivity contribution in [3.05, 3.63) is 77.4 Å². The maximum atomic E-state index is 14.1. The Labute approximate surface area is 201 Å². The Hall–Kier alpha value is -3.90. The van der Waals surface area contributed by atoms with Crippen molar-refractivity contribution in [1.29, 1.82) is 5.26 Å². The molecule has 9 heteroatoms. The number of carbonyl (C=O) groups is 1. The van der Waals surface area contributed by atoms with Crippen molar-refractivity contribution in [3.8, 4) is 17.2 Å². The maximum absolute atomic E-state index is 14.1. The number of nitriles is 1. The summed E-state index contributed by atoms with van der Waals surface area (Å²) >= 11 is 0. The highest BCUT2D eigenvalue weighted by Crippen LogP contribution is 2.40. The monoisotopic (exact) mass is 474 g/mol. The largest absolute Gasteiger partial charge is 0.368 e. The number of amides is 1. The summed E-state index contributed by atoms with van der Waals surface area (Å²) in [5.74, 6) is -1.74. The Morgan fingerprint density at radius 3 is 2.77 bits per heavy atom. The highest BCUT2D eigenvalue weighted by atomic mass is 19.1. The number of hydrogen-bond donors (Lipinski definition) is 2. The number of rotatable bonds is 5. The van der Waals surface area contributed by atoms with Gasteiger partial charge in [0.25, 0.3) is 5.91 Å². The Bertz CT molecular complexity index is 1300. The van der Waals surface area contributed by atoms with Gasteiger partial charge in [0, 0.05) is 55.4 Å². The van der Waals surface area contributed by atoms with Gasteiger partial charge < -0.3 is 15.5 Å². The number of pyridine rings is 2. The van der Waals surface area contributed by atoms with Crippen LogP contribution in [0.4, 0.5) is 14.5 Å². The number of aromatic nitrogens is 2. The number of anilines is 1. The average molecular weight is 475 g/mol. The summed E-state index contributed by atoms with van der Waals surface area (Å²) in [5.41, 5.74) is 2.75. The fourth-order valence-corrected chi connectivity index (χ4v) is 5.08. The van der Waals surface area contributed by atoms with Crippen molar-refractivity contribution in [3.63, 3.8) is 0 Å². The third kappa shape index (κ3) is 4.70. The lowest BCUT2D eigenvalue weighted by Crippen LogP contribution is -2.42. The van der Waals surface area contributed by atoms with Gasteiger partial charge in [-0.3, -0.25) is 9.78 Å². The standard InChI is InChI=1S/C26H24F2N6O/c27-19-9-18(10-20(28)11-19)22-14-30-15-23(24(22)34-7-4-26(16-34)3-1-5-33-26)25(35)32-13-17-2-6-31-21(8-17)12-29/h2,6,8-11,14-15,33H,1,3-5,7,13,16H2,(H,32,35). The maximum Gasteiger partial charge on any atom is 0.255 e. The molecule has 2 fully saturated rings. The zero-order valence-corrected chi connectivity index (χ0v) is 19.0. The number of hydrogen-bond acceptors (Lipinski definition) is 6. The molecule has 178 valence electrons. The van der Waals surface area contributed by atoms with Crippen LogP contribution in [-0.4, -0.2) is 41.0 Å². The molecule has 0 saturated carbocycles. The first-order valence-electron chi connectivity index (χ1n) is 11.5. The van der Waals surface area contributed by atoms with Gasteiger partial charge in [0.15, 0.2) is 0 Å². The van der Waals surface area contributed by atoms with E-state index in [1.165, 1.54) is 24.5 Å². The van der Waals surface area contributed by atoms with Gasteiger partial charge >= 0.3 is 0 Å². The van der Waals surface area contributed by atoms with Crippen LogP contribution in [0.3, 0.4) is 0 Å². The third-order valence-electron chi connectivity index (χ3n) is 6.73. The van der Waals surface area contributed by atoms with E-state index in [1.807, 2.05) is 6.07 Å². The zero-order chi connectivity index (χ0) is 24.4. The van der Waals surface area contributed by atoms with Gasteiger partial charge in [-0.1, -0.05) is 0 Å². The minimum atomic E-state index is -0.692. The molecular formula is C26H24F2N6O. The van der Waals surface area contributed by atoms with E-state index < -0.39 is 11.6 Å². The molecule has 5 rings (SSSR count). The summed E-state index contributed by atoms with van der Waals surface area (Å²) in [6.07, 6.45) is 7.62. The smallest absolute Gasteiger partial charge is 0.255 e. The van der Waals surface area contributed by atoms with Crippen LogP contribution in [0.5, 0.6) is 0 Å². The lowest BCUT2D eigenvalue weighted by molar-refractivity contribution is 0.0951. The highest BCUT2D eigenvalue weighted by molar-refractivity contribution is 6.03. The quantitative estimate of drug-likeness (QED) is 0.588. The Morgan fingerprint density at radius 1 is 1.20 bits per heavy atom. The van der Waals surface area contributed by atoms with Gasteiger partial charge in [-0.15, -0.1) is 0 Å². The molecule has 2 N–H and O–H groups in total. The highest BCUT2D eigenvalue weighted by Gasteiger charge is 2.41. The molecule has 2 aliphatic heterocycles. The minimum Gasteiger partial charge on any atom is -0.368 e. The molecule has 3 aromatic rings. The number of benzene rings is 1. The topological polar surface area (TPSA) is 93.9 Å². The summed E-state index contributed by atoms with van der Waals surface area (Å²) in [6, 6.07) is 8.66. The van der Waals surface area contributed by atoms with Gasteiger partial charge in [-0.25, -0.2) is 13.8 Å². The summed E-state index contributed by atoms with van der Waals surface area (Å²) in [5, 5.41) is 15.6. The summed E-state index contributed by atoms with van der Waals surface area (Å²) < 4.78 is 28.2. The Balaban J connectivity index is 1.51. The molecule has 0 radical (unpaired) electrons. The fraction of sp³-hybridized carbons (Fsp3) is 0.308. The van der Waals surface area contributed by atoms with Gasteiger partial charge in [0.1, 0.15) is 23.4 Å². The van der Waals surface area contributed by atoms with Crippen LogP contribution in [0.25, 0.3) is 11.1 Å². The molecule has 1 unspecified atom stereocenters. The number of nitrogens with zero attached hydrogens (tertiary/aromatic N) is 4. The SMILES string of the molecule is N#Cc1cc(CNC(=O)c2cncc(-c3cc(F)cc(F)c3)c2N2CCC3(CCCN3)C2)ccn1. The predicted octanol–water partition coefficient (Wildman–Crippen LogP) is 3.56. The molecule has 4 heterocycles. The van der Waals surface area contributed by atoms with E-state index in [9.17, 15) is 13.6 Å². The van der Waals surface area contributed by atoms with Gasteiger partial charge in [0.2, 0.25) is 0 Å². The first-order valence-corrected chi connectivity index (χ1v) is 11.5. The van der Waals surface area contributed by atoms with Gasteiger partial charge in [0.05, 0.1) is 11.3 Å². The molecule has 0 aliphatic carbocycles. The molecular weight excluding hydrogens is 450 g/mol. The number of carbonyl (C=O) groups excluding carboxylic acids is 1. The average Bonchev–Trinajstić information content (AvgIpc) is 3.51.